The number of likely N-dealkylation sites (tertiary alicyclic amines) is 1. The van der Waals surface area contributed by atoms with Gasteiger partial charge in [-0.1, -0.05) is 37.3 Å². The molecule has 40 heavy (non-hydrogen) atoms. The summed E-state index contributed by atoms with van der Waals surface area (Å²) in [4.78, 5) is 57.6. The van der Waals surface area contributed by atoms with Crippen molar-refractivity contribution in [2.45, 2.75) is 72.0 Å². The number of carbonyl (C=O) groups is 4. The van der Waals surface area contributed by atoms with Gasteiger partial charge in [0.2, 0.25) is 5.91 Å². The third kappa shape index (κ3) is 6.89. The zero-order chi connectivity index (χ0) is 28.6. The van der Waals surface area contributed by atoms with E-state index in [1.54, 1.807) is 32.4 Å². The molecule has 10 nitrogen and oxygen atoms in total. The van der Waals surface area contributed by atoms with E-state index in [1.807, 2.05) is 44.2 Å². The van der Waals surface area contributed by atoms with Crippen molar-refractivity contribution in [3.8, 4) is 0 Å². The number of hydrogen-bond donors (Lipinski definition) is 0. The Morgan fingerprint density at radius 1 is 1.10 bits per heavy atom. The van der Waals surface area contributed by atoms with E-state index in [9.17, 15) is 19.2 Å². The lowest BCUT2D eigenvalue weighted by Crippen LogP contribution is -2.45. The van der Waals surface area contributed by atoms with Gasteiger partial charge in [0.15, 0.2) is 5.69 Å². The number of carbonyl (C=O) groups excluding carboxylic acids is 4. The Morgan fingerprint density at radius 2 is 1.88 bits per heavy atom. The average Bonchev–Trinajstić information content (AvgIpc) is 3.35. The van der Waals surface area contributed by atoms with Crippen molar-refractivity contribution in [1.29, 1.82) is 0 Å². The van der Waals surface area contributed by atoms with Gasteiger partial charge in [-0.25, -0.2) is 0 Å². The van der Waals surface area contributed by atoms with Crippen LogP contribution >= 0.6 is 0 Å². The molecule has 4 rings (SSSR count). The number of benzene rings is 1. The molecular formula is C30H41N5O5. The number of ether oxygens (including phenoxy) is 1. The first-order chi connectivity index (χ1) is 19.3. The van der Waals surface area contributed by atoms with Gasteiger partial charge in [-0.2, -0.15) is 5.10 Å². The molecule has 0 spiro atoms. The number of nitrogens with zero attached hydrogens (tertiary/aromatic N) is 5. The molecule has 1 aromatic carbocycles. The van der Waals surface area contributed by atoms with Crippen molar-refractivity contribution in [2.24, 2.45) is 5.92 Å². The second kappa shape index (κ2) is 13.6. The molecule has 0 bridgehead atoms. The average molecular weight is 552 g/mol. The number of aryl methyl sites for hydroxylation is 1. The van der Waals surface area contributed by atoms with Gasteiger partial charge in [0, 0.05) is 57.8 Å². The lowest BCUT2D eigenvalue weighted by molar-refractivity contribution is -0.151. The third-order valence-electron chi connectivity index (χ3n) is 7.86. The van der Waals surface area contributed by atoms with E-state index in [2.05, 4.69) is 5.10 Å². The molecule has 0 radical (unpaired) electrons. The maximum absolute atomic E-state index is 13.7. The first-order valence-corrected chi connectivity index (χ1v) is 14.5. The summed E-state index contributed by atoms with van der Waals surface area (Å²) in [5, 5.41) is 4.54. The van der Waals surface area contributed by atoms with Crippen LogP contribution in [0.3, 0.4) is 0 Å². The van der Waals surface area contributed by atoms with Gasteiger partial charge >= 0.3 is 5.97 Å². The van der Waals surface area contributed by atoms with E-state index < -0.39 is 0 Å². The molecule has 0 N–H and O–H groups in total. The monoisotopic (exact) mass is 551 g/mol. The molecule has 2 aliphatic rings. The van der Waals surface area contributed by atoms with Crippen LogP contribution in [0.15, 0.2) is 36.4 Å². The van der Waals surface area contributed by atoms with Gasteiger partial charge in [-0.15, -0.1) is 0 Å². The molecule has 10 heteroatoms. The number of esters is 1. The summed E-state index contributed by atoms with van der Waals surface area (Å²) in [5.74, 6) is -1.06. The number of hydrogen-bond acceptors (Lipinski definition) is 6. The highest BCUT2D eigenvalue weighted by molar-refractivity contribution is 5.98. The highest BCUT2D eigenvalue weighted by Crippen LogP contribution is 2.21. The van der Waals surface area contributed by atoms with E-state index in [4.69, 9.17) is 4.74 Å². The molecule has 216 valence electrons. The summed E-state index contributed by atoms with van der Waals surface area (Å²) in [6.45, 7) is 8.91. The molecule has 1 aromatic heterocycles. The SMILES string of the molecule is CCOC(=O)C1CCCN(C(=O)CCN(C(=O)c2cc3n(n2)CCCN(Cc2ccccc2)C3=O)C(C)CC)C1. The van der Waals surface area contributed by atoms with Crippen LogP contribution in [0, 0.1) is 5.92 Å². The van der Waals surface area contributed by atoms with Crippen molar-refractivity contribution in [2.75, 3.05) is 32.8 Å². The number of aromatic nitrogens is 2. The fraction of sp³-hybridized carbons (Fsp3) is 0.567. The highest BCUT2D eigenvalue weighted by Gasteiger charge is 2.32. The fourth-order valence-electron chi connectivity index (χ4n) is 5.41. The second-order valence-corrected chi connectivity index (χ2v) is 10.6. The number of amides is 3. The third-order valence-corrected chi connectivity index (χ3v) is 7.86. The Morgan fingerprint density at radius 3 is 2.60 bits per heavy atom. The number of piperidine rings is 1. The van der Waals surface area contributed by atoms with Crippen LogP contribution < -0.4 is 0 Å². The molecule has 2 aliphatic heterocycles. The minimum absolute atomic E-state index is 0.0811. The van der Waals surface area contributed by atoms with Gasteiger partial charge < -0.3 is 19.4 Å². The minimum Gasteiger partial charge on any atom is -0.466 e. The number of rotatable bonds is 10. The van der Waals surface area contributed by atoms with Crippen molar-refractivity contribution >= 4 is 23.7 Å². The largest absolute Gasteiger partial charge is 0.466 e. The van der Waals surface area contributed by atoms with Crippen LogP contribution in [0.1, 0.15) is 79.4 Å². The zero-order valence-corrected chi connectivity index (χ0v) is 23.9. The maximum Gasteiger partial charge on any atom is 0.310 e. The molecule has 1 saturated heterocycles. The zero-order valence-electron chi connectivity index (χ0n) is 23.9. The van der Waals surface area contributed by atoms with Gasteiger partial charge in [0.25, 0.3) is 11.8 Å². The van der Waals surface area contributed by atoms with Crippen LogP contribution in [0.5, 0.6) is 0 Å². The summed E-state index contributed by atoms with van der Waals surface area (Å²) in [7, 11) is 0. The highest BCUT2D eigenvalue weighted by atomic mass is 16.5. The van der Waals surface area contributed by atoms with Crippen molar-refractivity contribution < 1.29 is 23.9 Å². The first kappa shape index (κ1) is 29.3. The Labute approximate surface area is 236 Å². The van der Waals surface area contributed by atoms with E-state index in [-0.39, 0.29) is 54.3 Å². The molecule has 2 aromatic rings. The van der Waals surface area contributed by atoms with Gasteiger partial charge in [0.1, 0.15) is 5.69 Å². The van der Waals surface area contributed by atoms with E-state index in [1.165, 1.54) is 0 Å². The normalized spacial score (nSPS) is 18.1. The predicted molar refractivity (Wildman–Crippen MR) is 149 cm³/mol. The first-order valence-electron chi connectivity index (χ1n) is 14.5. The smallest absolute Gasteiger partial charge is 0.310 e. The van der Waals surface area contributed by atoms with Crippen LogP contribution in [-0.4, -0.2) is 87.0 Å². The van der Waals surface area contributed by atoms with Crippen LogP contribution in [-0.2, 0) is 27.4 Å². The maximum atomic E-state index is 13.7. The van der Waals surface area contributed by atoms with E-state index >= 15 is 0 Å². The summed E-state index contributed by atoms with van der Waals surface area (Å²) in [6.07, 6.45) is 3.08. The van der Waals surface area contributed by atoms with Gasteiger partial charge in [-0.05, 0) is 45.1 Å². The lowest BCUT2D eigenvalue weighted by atomic mass is 9.98. The topological polar surface area (TPSA) is 105 Å². The second-order valence-electron chi connectivity index (χ2n) is 10.6. The standard InChI is InChI=1S/C30H41N5O5/c1-4-22(3)34(18-14-27(36)32-15-9-13-24(21-32)30(39)40-5-2)28(37)25-19-26-29(38)33(16-10-17-35(26)31-25)20-23-11-7-6-8-12-23/h6-8,11-12,19,22,24H,4-5,9-10,13-18,20-21H2,1-3H3. The molecule has 2 atom stereocenters. The number of fused-ring (bicyclic) bond motifs is 1. The van der Waals surface area contributed by atoms with Crippen molar-refractivity contribution in [1.82, 2.24) is 24.5 Å². The Kier molecular flexibility index (Phi) is 9.95. The quantitative estimate of drug-likeness (QED) is 0.420. The Balaban J connectivity index is 1.43. The molecule has 1 fully saturated rings. The molecule has 0 aliphatic carbocycles. The molecule has 3 amide bonds. The van der Waals surface area contributed by atoms with Gasteiger partial charge in [0.05, 0.1) is 12.5 Å². The van der Waals surface area contributed by atoms with Crippen molar-refractivity contribution in [3.05, 3.63) is 53.3 Å². The van der Waals surface area contributed by atoms with Crippen LogP contribution in [0.2, 0.25) is 0 Å². The molecule has 2 unspecified atom stereocenters. The van der Waals surface area contributed by atoms with Crippen LogP contribution in [0.25, 0.3) is 0 Å². The molecule has 0 saturated carbocycles. The van der Waals surface area contributed by atoms with Crippen molar-refractivity contribution in [3.63, 3.8) is 0 Å². The van der Waals surface area contributed by atoms with E-state index in [0.717, 1.165) is 18.4 Å². The Hall–Kier alpha value is -3.69. The fourth-order valence-corrected chi connectivity index (χ4v) is 5.41. The summed E-state index contributed by atoms with van der Waals surface area (Å²) >= 11 is 0. The van der Waals surface area contributed by atoms with E-state index in [0.29, 0.717) is 57.9 Å². The summed E-state index contributed by atoms with van der Waals surface area (Å²) < 4.78 is 6.80. The van der Waals surface area contributed by atoms with Crippen LogP contribution in [0.4, 0.5) is 0 Å². The summed E-state index contributed by atoms with van der Waals surface area (Å²) in [5.41, 5.74) is 1.68. The predicted octanol–water partition coefficient (Wildman–Crippen LogP) is 3.36. The minimum atomic E-state index is -0.301. The summed E-state index contributed by atoms with van der Waals surface area (Å²) in [6, 6.07) is 11.3. The van der Waals surface area contributed by atoms with Gasteiger partial charge in [-0.3, -0.25) is 23.9 Å². The molecule has 3 heterocycles. The Bertz CT molecular complexity index is 1200. The molecular weight excluding hydrogens is 510 g/mol. The lowest BCUT2D eigenvalue weighted by Gasteiger charge is -2.33.